The second-order valence-corrected chi connectivity index (χ2v) is 10.8. The Morgan fingerprint density at radius 1 is 1.19 bits per heavy atom. The van der Waals surface area contributed by atoms with Gasteiger partial charge in [-0.05, 0) is 56.6 Å². The zero-order valence-electron chi connectivity index (χ0n) is 15.5. The molecule has 0 bridgehead atoms. The Hall–Kier alpha value is -1.09. The second-order valence-electron chi connectivity index (χ2n) is 8.64. The van der Waals surface area contributed by atoms with E-state index in [0.29, 0.717) is 23.2 Å². The number of aryl methyl sites for hydroxylation is 1. The van der Waals surface area contributed by atoms with Crippen LogP contribution in [0.5, 0.6) is 0 Å². The number of hydrogen-bond acceptors (Lipinski definition) is 4. The first-order valence-corrected chi connectivity index (χ1v) is 11.4. The van der Waals surface area contributed by atoms with Crippen LogP contribution in [0.25, 0.3) is 0 Å². The molecule has 1 aromatic rings. The van der Waals surface area contributed by atoms with Gasteiger partial charge in [-0.1, -0.05) is 0 Å². The summed E-state index contributed by atoms with van der Waals surface area (Å²) in [6.45, 7) is 1.79. The van der Waals surface area contributed by atoms with E-state index in [1.807, 2.05) is 0 Å². The molecule has 0 N–H and O–H groups in total. The molecule has 5 nitrogen and oxygen atoms in total. The van der Waals surface area contributed by atoms with Crippen molar-refractivity contribution in [2.24, 2.45) is 12.5 Å². The average Bonchev–Trinajstić information content (AvgIpc) is 3.25. The van der Waals surface area contributed by atoms with Crippen molar-refractivity contribution in [1.82, 2.24) is 14.7 Å². The molecule has 1 saturated carbocycles. The topological polar surface area (TPSA) is 55.2 Å². The van der Waals surface area contributed by atoms with Crippen molar-refractivity contribution in [3.8, 4) is 0 Å². The van der Waals surface area contributed by atoms with Gasteiger partial charge in [-0.3, -0.25) is 9.58 Å². The van der Waals surface area contributed by atoms with E-state index < -0.39 is 21.7 Å². The maximum Gasteiger partial charge on any atom is 0.435 e. The van der Waals surface area contributed by atoms with Crippen molar-refractivity contribution in [3.63, 3.8) is 0 Å². The molecule has 27 heavy (non-hydrogen) atoms. The molecule has 9 heteroatoms. The third-order valence-corrected chi connectivity index (χ3v) is 8.65. The maximum absolute atomic E-state index is 12.9. The van der Waals surface area contributed by atoms with Gasteiger partial charge >= 0.3 is 6.18 Å². The molecule has 2 saturated heterocycles. The van der Waals surface area contributed by atoms with E-state index in [4.69, 9.17) is 0 Å². The first-order chi connectivity index (χ1) is 12.6. The Balaban J connectivity index is 1.37. The molecule has 1 atom stereocenters. The van der Waals surface area contributed by atoms with E-state index in [1.165, 1.54) is 10.7 Å². The van der Waals surface area contributed by atoms with Crippen LogP contribution in [-0.4, -0.2) is 53.7 Å². The minimum atomic E-state index is -4.40. The van der Waals surface area contributed by atoms with Crippen molar-refractivity contribution < 1.29 is 21.6 Å². The zero-order chi connectivity index (χ0) is 19.4. The molecule has 3 fully saturated rings. The van der Waals surface area contributed by atoms with Crippen LogP contribution in [0.4, 0.5) is 13.2 Å². The van der Waals surface area contributed by atoms with Crippen molar-refractivity contribution in [2.45, 2.75) is 56.7 Å². The largest absolute Gasteiger partial charge is 0.435 e. The lowest BCUT2D eigenvalue weighted by Crippen LogP contribution is -2.38. The summed E-state index contributed by atoms with van der Waals surface area (Å²) in [5.74, 6) is 0.745. The third kappa shape index (κ3) is 3.77. The van der Waals surface area contributed by atoms with Gasteiger partial charge in [-0.2, -0.15) is 18.3 Å². The Morgan fingerprint density at radius 2 is 1.89 bits per heavy atom. The van der Waals surface area contributed by atoms with Crippen LogP contribution in [0, 0.1) is 5.41 Å². The lowest BCUT2D eigenvalue weighted by Gasteiger charge is -2.35. The lowest BCUT2D eigenvalue weighted by molar-refractivity contribution is -0.141. The Morgan fingerprint density at radius 3 is 2.44 bits per heavy atom. The summed E-state index contributed by atoms with van der Waals surface area (Å²) in [4.78, 5) is 2.43. The van der Waals surface area contributed by atoms with Crippen LogP contribution in [0.2, 0.25) is 0 Å². The van der Waals surface area contributed by atoms with Crippen molar-refractivity contribution in [3.05, 3.63) is 17.5 Å². The molecule has 152 valence electrons. The van der Waals surface area contributed by atoms with Crippen molar-refractivity contribution in [1.29, 1.82) is 0 Å². The molecule has 4 rings (SSSR count). The van der Waals surface area contributed by atoms with Gasteiger partial charge in [0.2, 0.25) is 0 Å². The van der Waals surface area contributed by atoms with Crippen LogP contribution in [-0.2, 0) is 23.1 Å². The first-order valence-electron chi connectivity index (χ1n) is 9.63. The first kappa shape index (κ1) is 19.2. The maximum atomic E-state index is 12.9. The van der Waals surface area contributed by atoms with Gasteiger partial charge in [0.25, 0.3) is 0 Å². The summed E-state index contributed by atoms with van der Waals surface area (Å²) in [6.07, 6.45) is 0.907. The zero-order valence-corrected chi connectivity index (χ0v) is 16.3. The SMILES string of the molecule is Cn1nc(C(F)(F)F)cc1[C@H]1CC[C@@H](N2CC[C@@]3(CCS(=O)(=O)C3)C2)CC1. The minimum absolute atomic E-state index is 0.0562. The van der Waals surface area contributed by atoms with Crippen LogP contribution >= 0.6 is 0 Å². The molecular formula is C18H26F3N3O2S. The highest BCUT2D eigenvalue weighted by molar-refractivity contribution is 7.91. The van der Waals surface area contributed by atoms with Gasteiger partial charge in [0.1, 0.15) is 0 Å². The predicted octanol–water partition coefficient (Wildman–Crippen LogP) is 2.98. The highest BCUT2D eigenvalue weighted by Gasteiger charge is 2.48. The molecule has 1 aromatic heterocycles. The van der Waals surface area contributed by atoms with Gasteiger partial charge in [0.05, 0.1) is 11.5 Å². The number of likely N-dealkylation sites (tertiary alicyclic amines) is 1. The lowest BCUT2D eigenvalue weighted by atomic mass is 9.83. The molecule has 0 amide bonds. The number of aromatic nitrogens is 2. The smallest absolute Gasteiger partial charge is 0.300 e. The number of halogens is 3. The summed E-state index contributed by atoms with van der Waals surface area (Å²) >= 11 is 0. The highest BCUT2D eigenvalue weighted by Crippen LogP contribution is 2.44. The van der Waals surface area contributed by atoms with E-state index >= 15 is 0 Å². The molecule has 3 aliphatic rings. The fourth-order valence-electron chi connectivity index (χ4n) is 5.33. The van der Waals surface area contributed by atoms with E-state index in [1.54, 1.807) is 7.05 Å². The van der Waals surface area contributed by atoms with Gasteiger partial charge in [-0.25, -0.2) is 8.42 Å². The Bertz CT molecular complexity index is 812. The number of alkyl halides is 3. The van der Waals surface area contributed by atoms with E-state index in [0.717, 1.165) is 51.6 Å². The van der Waals surface area contributed by atoms with Crippen LogP contribution in [0.3, 0.4) is 0 Å². The third-order valence-electron chi connectivity index (χ3n) is 6.78. The summed E-state index contributed by atoms with van der Waals surface area (Å²) in [6, 6.07) is 1.61. The van der Waals surface area contributed by atoms with Crippen LogP contribution < -0.4 is 0 Å². The summed E-state index contributed by atoms with van der Waals surface area (Å²) in [5.41, 5.74) is -0.203. The molecule has 2 aliphatic heterocycles. The molecule has 1 aliphatic carbocycles. The van der Waals surface area contributed by atoms with Gasteiger partial charge in [0, 0.05) is 31.2 Å². The number of hydrogen-bond donors (Lipinski definition) is 0. The Labute approximate surface area is 157 Å². The molecule has 0 unspecified atom stereocenters. The summed E-state index contributed by atoms with van der Waals surface area (Å²) in [5, 5.41) is 3.64. The number of rotatable bonds is 2. The molecule has 3 heterocycles. The Kier molecular flexibility index (Phi) is 4.61. The van der Waals surface area contributed by atoms with Gasteiger partial charge < -0.3 is 0 Å². The molecule has 1 spiro atoms. The minimum Gasteiger partial charge on any atom is -0.300 e. The van der Waals surface area contributed by atoms with Crippen molar-refractivity contribution in [2.75, 3.05) is 24.6 Å². The second kappa shape index (κ2) is 6.47. The van der Waals surface area contributed by atoms with E-state index in [9.17, 15) is 21.6 Å². The highest BCUT2D eigenvalue weighted by atomic mass is 32.2. The van der Waals surface area contributed by atoms with Gasteiger partial charge in [0.15, 0.2) is 15.5 Å². The van der Waals surface area contributed by atoms with E-state index in [-0.39, 0.29) is 11.3 Å². The molecule has 0 radical (unpaired) electrons. The molecular weight excluding hydrogens is 379 g/mol. The van der Waals surface area contributed by atoms with Crippen LogP contribution in [0.15, 0.2) is 6.07 Å². The van der Waals surface area contributed by atoms with Gasteiger partial charge in [-0.15, -0.1) is 0 Å². The van der Waals surface area contributed by atoms with Crippen molar-refractivity contribution >= 4 is 9.84 Å². The molecule has 0 aromatic carbocycles. The number of sulfone groups is 1. The monoisotopic (exact) mass is 405 g/mol. The summed E-state index contributed by atoms with van der Waals surface area (Å²) < 4.78 is 63.8. The summed E-state index contributed by atoms with van der Waals surface area (Å²) in [7, 11) is -1.30. The normalized spacial score (nSPS) is 34.5. The fourth-order valence-corrected chi connectivity index (χ4v) is 7.53. The number of nitrogens with zero attached hydrogens (tertiary/aromatic N) is 3. The quantitative estimate of drug-likeness (QED) is 0.759. The average molecular weight is 405 g/mol. The van der Waals surface area contributed by atoms with Crippen LogP contribution in [0.1, 0.15) is 55.8 Å². The fraction of sp³-hybridized carbons (Fsp3) is 0.833. The van der Waals surface area contributed by atoms with E-state index in [2.05, 4.69) is 10.00 Å². The predicted molar refractivity (Wildman–Crippen MR) is 95.1 cm³/mol. The standard InChI is InChI=1S/C18H26F3N3O2S/c1-23-15(10-16(22-23)18(19,20)21)13-2-4-14(5-3-13)24-8-6-17(11-24)7-9-27(25,26)12-17/h10,13-14H,2-9,11-12H2,1H3/t13-,14+,17-/m1/s1.